The molecule has 0 amide bonds. The highest BCUT2D eigenvalue weighted by Crippen LogP contribution is 2.27. The minimum Gasteiger partial charge on any atom is -0.371 e. The third-order valence-corrected chi connectivity index (χ3v) is 3.65. The monoisotopic (exact) mass is 238 g/mol. The molecule has 2 aromatic rings. The maximum Gasteiger partial charge on any atom is 0.0372 e. The van der Waals surface area contributed by atoms with Gasteiger partial charge in [0.05, 0.1) is 0 Å². The summed E-state index contributed by atoms with van der Waals surface area (Å²) in [5.41, 5.74) is 3.85. The molecule has 0 spiro atoms. The summed E-state index contributed by atoms with van der Waals surface area (Å²) < 4.78 is 0. The summed E-state index contributed by atoms with van der Waals surface area (Å²) >= 11 is 0. The molecule has 1 aromatic carbocycles. The standard InChI is InChI=1S/C16H18N2/c1-13-7-10-18(12-13)16-4-2-3-15(11-16)14-5-8-17-9-6-14/h2-6,8-9,11,13H,7,10,12H2,1H3. The molecule has 0 bridgehead atoms. The molecule has 2 nitrogen and oxygen atoms in total. The summed E-state index contributed by atoms with van der Waals surface area (Å²) in [5, 5.41) is 0. The number of pyridine rings is 1. The van der Waals surface area contributed by atoms with Gasteiger partial charge in [0, 0.05) is 31.2 Å². The summed E-state index contributed by atoms with van der Waals surface area (Å²) in [6.07, 6.45) is 5.00. The summed E-state index contributed by atoms with van der Waals surface area (Å²) in [7, 11) is 0. The molecular formula is C16H18N2. The summed E-state index contributed by atoms with van der Waals surface area (Å²) in [5.74, 6) is 0.814. The summed E-state index contributed by atoms with van der Waals surface area (Å²) in [4.78, 5) is 6.55. The van der Waals surface area contributed by atoms with Crippen LogP contribution in [-0.4, -0.2) is 18.1 Å². The zero-order valence-electron chi connectivity index (χ0n) is 10.7. The van der Waals surface area contributed by atoms with Crippen molar-refractivity contribution in [3.8, 4) is 11.1 Å². The molecule has 1 unspecified atom stereocenters. The first-order valence-electron chi connectivity index (χ1n) is 6.58. The Bertz CT molecular complexity index is 522. The lowest BCUT2D eigenvalue weighted by Crippen LogP contribution is -2.18. The van der Waals surface area contributed by atoms with Crippen LogP contribution in [-0.2, 0) is 0 Å². The fraction of sp³-hybridized carbons (Fsp3) is 0.312. The Hall–Kier alpha value is -1.83. The Balaban J connectivity index is 1.90. The van der Waals surface area contributed by atoms with Gasteiger partial charge in [-0.3, -0.25) is 4.98 Å². The van der Waals surface area contributed by atoms with Crippen LogP contribution in [0.15, 0.2) is 48.8 Å². The second-order valence-corrected chi connectivity index (χ2v) is 5.13. The van der Waals surface area contributed by atoms with E-state index in [4.69, 9.17) is 0 Å². The lowest BCUT2D eigenvalue weighted by molar-refractivity contribution is 0.659. The van der Waals surface area contributed by atoms with Gasteiger partial charge in [0.15, 0.2) is 0 Å². The molecule has 18 heavy (non-hydrogen) atoms. The van der Waals surface area contributed by atoms with Crippen LogP contribution in [0.1, 0.15) is 13.3 Å². The van der Waals surface area contributed by atoms with Gasteiger partial charge in [0.25, 0.3) is 0 Å². The van der Waals surface area contributed by atoms with Crippen LogP contribution < -0.4 is 4.90 Å². The van der Waals surface area contributed by atoms with E-state index in [-0.39, 0.29) is 0 Å². The second-order valence-electron chi connectivity index (χ2n) is 5.13. The minimum atomic E-state index is 0.814. The van der Waals surface area contributed by atoms with Crippen molar-refractivity contribution in [2.45, 2.75) is 13.3 Å². The van der Waals surface area contributed by atoms with Crippen molar-refractivity contribution >= 4 is 5.69 Å². The number of hydrogen-bond acceptors (Lipinski definition) is 2. The topological polar surface area (TPSA) is 16.1 Å². The fourth-order valence-electron chi connectivity index (χ4n) is 2.60. The van der Waals surface area contributed by atoms with Gasteiger partial charge < -0.3 is 4.90 Å². The van der Waals surface area contributed by atoms with E-state index in [1.165, 1.54) is 36.3 Å². The smallest absolute Gasteiger partial charge is 0.0372 e. The van der Waals surface area contributed by atoms with Crippen LogP contribution in [0.4, 0.5) is 5.69 Å². The number of hydrogen-bond donors (Lipinski definition) is 0. The van der Waals surface area contributed by atoms with Crippen LogP contribution in [0.3, 0.4) is 0 Å². The molecule has 1 fully saturated rings. The lowest BCUT2D eigenvalue weighted by Gasteiger charge is -2.19. The van der Waals surface area contributed by atoms with Crippen molar-refractivity contribution in [3.05, 3.63) is 48.8 Å². The quantitative estimate of drug-likeness (QED) is 0.794. The predicted octanol–water partition coefficient (Wildman–Crippen LogP) is 3.59. The number of nitrogens with zero attached hydrogens (tertiary/aromatic N) is 2. The highest BCUT2D eigenvalue weighted by atomic mass is 15.1. The first-order chi connectivity index (χ1) is 8.83. The lowest BCUT2D eigenvalue weighted by atomic mass is 10.1. The minimum absolute atomic E-state index is 0.814. The van der Waals surface area contributed by atoms with Crippen molar-refractivity contribution in [1.29, 1.82) is 0 Å². The van der Waals surface area contributed by atoms with Crippen molar-refractivity contribution in [2.24, 2.45) is 5.92 Å². The van der Waals surface area contributed by atoms with E-state index in [1.54, 1.807) is 0 Å². The maximum atomic E-state index is 4.07. The van der Waals surface area contributed by atoms with Crippen LogP contribution in [0, 0.1) is 5.92 Å². The van der Waals surface area contributed by atoms with Crippen LogP contribution in [0.2, 0.25) is 0 Å². The summed E-state index contributed by atoms with van der Waals surface area (Å²) in [6.45, 7) is 4.69. The third kappa shape index (κ3) is 2.23. The normalized spacial score (nSPS) is 19.2. The first-order valence-corrected chi connectivity index (χ1v) is 6.58. The molecule has 2 heteroatoms. The number of anilines is 1. The van der Waals surface area contributed by atoms with Gasteiger partial charge in [0.2, 0.25) is 0 Å². The second kappa shape index (κ2) is 4.81. The molecule has 0 aliphatic carbocycles. The summed E-state index contributed by atoms with van der Waals surface area (Å²) in [6, 6.07) is 12.9. The molecule has 0 N–H and O–H groups in total. The van der Waals surface area contributed by atoms with E-state index in [9.17, 15) is 0 Å². The van der Waals surface area contributed by atoms with Gasteiger partial charge in [-0.25, -0.2) is 0 Å². The molecule has 92 valence electrons. The predicted molar refractivity (Wildman–Crippen MR) is 75.7 cm³/mol. The van der Waals surface area contributed by atoms with E-state index in [2.05, 4.69) is 53.2 Å². The number of rotatable bonds is 2. The maximum absolute atomic E-state index is 4.07. The van der Waals surface area contributed by atoms with Crippen LogP contribution in [0.25, 0.3) is 11.1 Å². The van der Waals surface area contributed by atoms with E-state index >= 15 is 0 Å². The molecule has 1 atom stereocenters. The molecule has 2 heterocycles. The van der Waals surface area contributed by atoms with E-state index in [0.717, 1.165) is 5.92 Å². The van der Waals surface area contributed by atoms with Gasteiger partial charge >= 0.3 is 0 Å². The van der Waals surface area contributed by atoms with E-state index in [0.29, 0.717) is 0 Å². The number of benzene rings is 1. The molecular weight excluding hydrogens is 220 g/mol. The Morgan fingerprint density at radius 2 is 1.94 bits per heavy atom. The first kappa shape index (κ1) is 11.3. The Labute approximate surface area is 108 Å². The SMILES string of the molecule is CC1CCN(c2cccc(-c3ccncc3)c2)C1. The highest BCUT2D eigenvalue weighted by molar-refractivity contribution is 5.68. The molecule has 0 saturated carbocycles. The fourth-order valence-corrected chi connectivity index (χ4v) is 2.60. The van der Waals surface area contributed by atoms with Crippen molar-refractivity contribution in [3.63, 3.8) is 0 Å². The average molecular weight is 238 g/mol. The zero-order chi connectivity index (χ0) is 12.4. The average Bonchev–Trinajstić information content (AvgIpc) is 2.87. The molecule has 0 radical (unpaired) electrons. The van der Waals surface area contributed by atoms with Crippen LogP contribution >= 0.6 is 0 Å². The third-order valence-electron chi connectivity index (χ3n) is 3.65. The molecule has 1 saturated heterocycles. The van der Waals surface area contributed by atoms with Crippen molar-refractivity contribution in [1.82, 2.24) is 4.98 Å². The Kier molecular flexibility index (Phi) is 3.01. The van der Waals surface area contributed by atoms with Crippen molar-refractivity contribution < 1.29 is 0 Å². The number of aromatic nitrogens is 1. The van der Waals surface area contributed by atoms with Gasteiger partial charge in [-0.1, -0.05) is 19.1 Å². The highest BCUT2D eigenvalue weighted by Gasteiger charge is 2.18. The zero-order valence-corrected chi connectivity index (χ0v) is 10.7. The van der Waals surface area contributed by atoms with Gasteiger partial charge in [-0.15, -0.1) is 0 Å². The molecule has 1 aliphatic rings. The Morgan fingerprint density at radius 1 is 1.11 bits per heavy atom. The van der Waals surface area contributed by atoms with Crippen molar-refractivity contribution in [2.75, 3.05) is 18.0 Å². The van der Waals surface area contributed by atoms with Gasteiger partial charge in [0.1, 0.15) is 0 Å². The largest absolute Gasteiger partial charge is 0.371 e. The van der Waals surface area contributed by atoms with Crippen LogP contribution in [0.5, 0.6) is 0 Å². The Morgan fingerprint density at radius 3 is 2.67 bits per heavy atom. The van der Waals surface area contributed by atoms with Gasteiger partial charge in [-0.05, 0) is 47.7 Å². The van der Waals surface area contributed by atoms with Gasteiger partial charge in [-0.2, -0.15) is 0 Å². The molecule has 1 aliphatic heterocycles. The van der Waals surface area contributed by atoms with E-state index in [1.807, 2.05) is 12.4 Å². The molecule has 3 rings (SSSR count). The molecule has 1 aromatic heterocycles. The van der Waals surface area contributed by atoms with E-state index < -0.39 is 0 Å².